The van der Waals surface area contributed by atoms with Crippen LogP contribution in [-0.2, 0) is 6.61 Å². The molecule has 0 radical (unpaired) electrons. The van der Waals surface area contributed by atoms with E-state index in [4.69, 9.17) is 9.47 Å². The molecule has 0 aliphatic carbocycles. The van der Waals surface area contributed by atoms with E-state index in [-0.39, 0.29) is 0 Å². The van der Waals surface area contributed by atoms with Gasteiger partial charge in [0, 0.05) is 18.3 Å². The predicted molar refractivity (Wildman–Crippen MR) is 116 cm³/mol. The summed E-state index contributed by atoms with van der Waals surface area (Å²) in [5.41, 5.74) is 4.66. The monoisotopic (exact) mass is 375 g/mol. The van der Waals surface area contributed by atoms with Crippen molar-refractivity contribution in [1.29, 1.82) is 0 Å². The first-order valence-corrected chi connectivity index (χ1v) is 9.86. The molecule has 0 saturated carbocycles. The van der Waals surface area contributed by atoms with Gasteiger partial charge in [0.1, 0.15) is 24.7 Å². The summed E-state index contributed by atoms with van der Waals surface area (Å²) in [5, 5.41) is 3.41. The molecule has 0 aliphatic rings. The second kappa shape index (κ2) is 9.84. The van der Waals surface area contributed by atoms with Gasteiger partial charge in [0.15, 0.2) is 0 Å². The zero-order valence-electron chi connectivity index (χ0n) is 16.9. The fourth-order valence-electron chi connectivity index (χ4n) is 3.04. The lowest BCUT2D eigenvalue weighted by molar-refractivity contribution is 0.306. The standard InChI is InChI=1S/C25H29NO2/c1-19(2)24-13-12-20(3)16-25(24)27-15-14-26-22-10-7-11-23(17-22)28-18-21-8-5-4-6-9-21/h4-13,16-17,19,26H,14-15,18H2,1-3H3. The van der Waals surface area contributed by atoms with Crippen molar-refractivity contribution in [2.45, 2.75) is 33.3 Å². The van der Waals surface area contributed by atoms with E-state index in [9.17, 15) is 0 Å². The summed E-state index contributed by atoms with van der Waals surface area (Å²) in [6, 6.07) is 24.7. The average Bonchev–Trinajstić information content (AvgIpc) is 2.71. The second-order valence-corrected chi connectivity index (χ2v) is 7.27. The molecular weight excluding hydrogens is 346 g/mol. The molecule has 0 heterocycles. The Kier molecular flexibility index (Phi) is 6.96. The summed E-state index contributed by atoms with van der Waals surface area (Å²) in [6.07, 6.45) is 0. The van der Waals surface area contributed by atoms with E-state index in [0.717, 1.165) is 29.3 Å². The molecule has 0 amide bonds. The highest BCUT2D eigenvalue weighted by molar-refractivity contribution is 5.48. The normalized spacial score (nSPS) is 10.7. The Morgan fingerprint density at radius 1 is 0.857 bits per heavy atom. The third kappa shape index (κ3) is 5.78. The van der Waals surface area contributed by atoms with Crippen LogP contribution in [0.4, 0.5) is 5.69 Å². The maximum absolute atomic E-state index is 6.04. The van der Waals surface area contributed by atoms with Gasteiger partial charge in [-0.3, -0.25) is 0 Å². The van der Waals surface area contributed by atoms with Crippen LogP contribution in [0.2, 0.25) is 0 Å². The SMILES string of the molecule is Cc1ccc(C(C)C)c(OCCNc2cccc(OCc3ccccc3)c2)c1. The van der Waals surface area contributed by atoms with Gasteiger partial charge in [0.25, 0.3) is 0 Å². The minimum atomic E-state index is 0.446. The molecule has 0 bridgehead atoms. The van der Waals surface area contributed by atoms with Crippen LogP contribution >= 0.6 is 0 Å². The van der Waals surface area contributed by atoms with Crippen LogP contribution in [-0.4, -0.2) is 13.2 Å². The smallest absolute Gasteiger partial charge is 0.123 e. The van der Waals surface area contributed by atoms with Crippen LogP contribution in [0, 0.1) is 6.92 Å². The Morgan fingerprint density at radius 2 is 1.68 bits per heavy atom. The van der Waals surface area contributed by atoms with Crippen molar-refractivity contribution in [3.05, 3.63) is 89.5 Å². The number of anilines is 1. The molecule has 0 saturated heterocycles. The van der Waals surface area contributed by atoms with Crippen molar-refractivity contribution in [3.8, 4) is 11.5 Å². The van der Waals surface area contributed by atoms with Crippen LogP contribution in [0.15, 0.2) is 72.8 Å². The van der Waals surface area contributed by atoms with Crippen molar-refractivity contribution in [1.82, 2.24) is 0 Å². The first-order chi connectivity index (χ1) is 13.6. The van der Waals surface area contributed by atoms with Gasteiger partial charge in [-0.2, -0.15) is 0 Å². The largest absolute Gasteiger partial charge is 0.491 e. The Hall–Kier alpha value is -2.94. The van der Waals surface area contributed by atoms with Crippen LogP contribution in [0.1, 0.15) is 36.5 Å². The molecule has 0 unspecified atom stereocenters. The quantitative estimate of drug-likeness (QED) is 0.452. The molecule has 0 atom stereocenters. The molecule has 1 N–H and O–H groups in total. The molecule has 146 valence electrons. The number of nitrogens with one attached hydrogen (secondary N) is 1. The third-order valence-corrected chi connectivity index (χ3v) is 4.56. The maximum Gasteiger partial charge on any atom is 0.123 e. The van der Waals surface area contributed by atoms with Crippen LogP contribution in [0.3, 0.4) is 0 Å². The Bertz CT molecular complexity index is 875. The van der Waals surface area contributed by atoms with Gasteiger partial charge in [-0.05, 0) is 47.7 Å². The molecule has 0 spiro atoms. The van der Waals surface area contributed by atoms with Crippen molar-refractivity contribution in [2.24, 2.45) is 0 Å². The van der Waals surface area contributed by atoms with Gasteiger partial charge in [0.05, 0.1) is 0 Å². The molecule has 0 fully saturated rings. The number of ether oxygens (including phenoxy) is 2. The Balaban J connectivity index is 1.50. The van der Waals surface area contributed by atoms with E-state index in [0.29, 0.717) is 19.1 Å². The minimum absolute atomic E-state index is 0.446. The van der Waals surface area contributed by atoms with E-state index >= 15 is 0 Å². The lowest BCUT2D eigenvalue weighted by atomic mass is 10.0. The second-order valence-electron chi connectivity index (χ2n) is 7.27. The van der Waals surface area contributed by atoms with Gasteiger partial charge in [0.2, 0.25) is 0 Å². The summed E-state index contributed by atoms with van der Waals surface area (Å²) in [6.45, 7) is 8.38. The minimum Gasteiger partial charge on any atom is -0.491 e. The molecule has 28 heavy (non-hydrogen) atoms. The third-order valence-electron chi connectivity index (χ3n) is 4.56. The van der Waals surface area contributed by atoms with Gasteiger partial charge in [-0.25, -0.2) is 0 Å². The van der Waals surface area contributed by atoms with Gasteiger partial charge in [-0.1, -0.05) is 62.4 Å². The average molecular weight is 376 g/mol. The Labute approximate surface area is 168 Å². The highest BCUT2D eigenvalue weighted by Crippen LogP contribution is 2.27. The van der Waals surface area contributed by atoms with Crippen molar-refractivity contribution in [2.75, 3.05) is 18.5 Å². The number of aryl methyl sites for hydroxylation is 1. The van der Waals surface area contributed by atoms with Gasteiger partial charge in [-0.15, -0.1) is 0 Å². The zero-order chi connectivity index (χ0) is 19.8. The summed E-state index contributed by atoms with van der Waals surface area (Å²) in [5.74, 6) is 2.29. The topological polar surface area (TPSA) is 30.5 Å². The molecular formula is C25H29NO2. The van der Waals surface area contributed by atoms with Crippen LogP contribution < -0.4 is 14.8 Å². The summed E-state index contributed by atoms with van der Waals surface area (Å²) >= 11 is 0. The molecule has 0 aliphatic heterocycles. The number of hydrogen-bond donors (Lipinski definition) is 1. The predicted octanol–water partition coefficient (Wildman–Crippen LogP) is 6.19. The van der Waals surface area contributed by atoms with E-state index < -0.39 is 0 Å². The van der Waals surface area contributed by atoms with Crippen molar-refractivity contribution >= 4 is 5.69 Å². The van der Waals surface area contributed by atoms with E-state index in [1.165, 1.54) is 11.1 Å². The first-order valence-electron chi connectivity index (χ1n) is 9.86. The summed E-state index contributed by atoms with van der Waals surface area (Å²) in [7, 11) is 0. The van der Waals surface area contributed by atoms with Gasteiger partial charge >= 0.3 is 0 Å². The van der Waals surface area contributed by atoms with E-state index in [2.05, 4.69) is 56.4 Å². The lowest BCUT2D eigenvalue weighted by Gasteiger charge is -2.15. The fourth-order valence-corrected chi connectivity index (χ4v) is 3.04. The number of hydrogen-bond acceptors (Lipinski definition) is 3. The van der Waals surface area contributed by atoms with Crippen molar-refractivity contribution < 1.29 is 9.47 Å². The molecule has 3 nitrogen and oxygen atoms in total. The number of rotatable bonds is 9. The first kappa shape index (κ1) is 19.8. The highest BCUT2D eigenvalue weighted by Gasteiger charge is 2.08. The van der Waals surface area contributed by atoms with Crippen molar-refractivity contribution in [3.63, 3.8) is 0 Å². The molecule has 0 aromatic heterocycles. The Morgan fingerprint density at radius 3 is 2.46 bits per heavy atom. The highest BCUT2D eigenvalue weighted by atomic mass is 16.5. The molecule has 3 rings (SSSR count). The summed E-state index contributed by atoms with van der Waals surface area (Å²) in [4.78, 5) is 0. The molecule has 3 aromatic carbocycles. The molecule has 3 aromatic rings. The van der Waals surface area contributed by atoms with E-state index in [1.807, 2.05) is 42.5 Å². The zero-order valence-corrected chi connectivity index (χ0v) is 16.9. The maximum atomic E-state index is 6.04. The fraction of sp³-hybridized carbons (Fsp3) is 0.280. The van der Waals surface area contributed by atoms with Crippen LogP contribution in [0.25, 0.3) is 0 Å². The van der Waals surface area contributed by atoms with E-state index in [1.54, 1.807) is 0 Å². The van der Waals surface area contributed by atoms with Gasteiger partial charge < -0.3 is 14.8 Å². The lowest BCUT2D eigenvalue weighted by Crippen LogP contribution is -2.12. The number of benzene rings is 3. The molecule has 3 heteroatoms. The summed E-state index contributed by atoms with van der Waals surface area (Å²) < 4.78 is 11.9. The van der Waals surface area contributed by atoms with Crippen LogP contribution in [0.5, 0.6) is 11.5 Å².